The van der Waals surface area contributed by atoms with Crippen molar-refractivity contribution >= 4 is 11.7 Å². The van der Waals surface area contributed by atoms with E-state index < -0.39 is 0 Å². The maximum Gasteiger partial charge on any atom is 0.365 e. The van der Waals surface area contributed by atoms with Crippen LogP contribution in [0.5, 0.6) is 0 Å². The van der Waals surface area contributed by atoms with Crippen LogP contribution in [0, 0.1) is 0 Å². The molecule has 0 radical (unpaired) electrons. The summed E-state index contributed by atoms with van der Waals surface area (Å²) < 4.78 is 0. The van der Waals surface area contributed by atoms with Gasteiger partial charge >= 0.3 is 5.97 Å². The summed E-state index contributed by atoms with van der Waals surface area (Å²) in [6.45, 7) is 6.92. The quantitative estimate of drug-likeness (QED) is 0.481. The van der Waals surface area contributed by atoms with Crippen molar-refractivity contribution in [3.05, 3.63) is 47.0 Å². The van der Waals surface area contributed by atoms with Gasteiger partial charge in [0.2, 0.25) is 0 Å². The van der Waals surface area contributed by atoms with E-state index in [1.54, 1.807) is 17.7 Å². The van der Waals surface area contributed by atoms with Gasteiger partial charge in [0.05, 0.1) is 11.3 Å². The number of benzene rings is 1. The Kier molecular flexibility index (Phi) is 7.22. The van der Waals surface area contributed by atoms with E-state index in [9.17, 15) is 4.79 Å². The second-order valence-electron chi connectivity index (χ2n) is 7.65. The Hall–Kier alpha value is -1.94. The maximum absolute atomic E-state index is 12.2. The number of oxime groups is 1. The van der Waals surface area contributed by atoms with Gasteiger partial charge in [-0.2, -0.15) is 0 Å². The van der Waals surface area contributed by atoms with Gasteiger partial charge in [0, 0.05) is 6.04 Å². The van der Waals surface area contributed by atoms with Gasteiger partial charge in [0.15, 0.2) is 0 Å². The van der Waals surface area contributed by atoms with Gasteiger partial charge in [0.25, 0.3) is 0 Å². The fourth-order valence-electron chi connectivity index (χ4n) is 4.41. The van der Waals surface area contributed by atoms with E-state index in [4.69, 9.17) is 4.84 Å². The lowest BCUT2D eigenvalue weighted by Crippen LogP contribution is -2.39. The van der Waals surface area contributed by atoms with Gasteiger partial charge in [-0.05, 0) is 82.2 Å². The Morgan fingerprint density at radius 2 is 1.85 bits per heavy atom. The molecule has 0 spiro atoms. The largest absolute Gasteiger partial charge is 0.365 e. The third-order valence-corrected chi connectivity index (χ3v) is 5.66. The van der Waals surface area contributed by atoms with Crippen LogP contribution < -0.4 is 0 Å². The zero-order chi connectivity index (χ0) is 19.1. The Bertz CT molecular complexity index is 688. The minimum atomic E-state index is -0.374. The van der Waals surface area contributed by atoms with Gasteiger partial charge in [-0.1, -0.05) is 42.8 Å². The van der Waals surface area contributed by atoms with E-state index in [0.717, 1.165) is 31.4 Å². The minimum absolute atomic E-state index is 0.374. The van der Waals surface area contributed by atoms with E-state index in [2.05, 4.69) is 23.9 Å². The number of allylic oxidation sites excluding steroid dienone is 1. The third kappa shape index (κ3) is 5.07. The van der Waals surface area contributed by atoms with Crippen LogP contribution in [0.25, 0.3) is 0 Å². The minimum Gasteiger partial charge on any atom is -0.313 e. The van der Waals surface area contributed by atoms with Crippen LogP contribution in [0.4, 0.5) is 0 Å². The van der Waals surface area contributed by atoms with Crippen LogP contribution in [0.15, 0.2) is 46.6 Å². The molecule has 0 N–H and O–H groups in total. The molecule has 27 heavy (non-hydrogen) atoms. The third-order valence-electron chi connectivity index (χ3n) is 5.66. The lowest BCUT2D eigenvalue weighted by Gasteiger charge is -2.37. The molecule has 4 nitrogen and oxygen atoms in total. The van der Waals surface area contributed by atoms with E-state index in [1.165, 1.54) is 44.3 Å². The Balaban J connectivity index is 1.69. The average molecular weight is 369 g/mol. The molecule has 1 aromatic rings. The lowest BCUT2D eigenvalue weighted by atomic mass is 9.78. The van der Waals surface area contributed by atoms with Crippen LogP contribution in [0.3, 0.4) is 0 Å². The Morgan fingerprint density at radius 1 is 1.11 bits per heavy atom. The van der Waals surface area contributed by atoms with E-state index in [1.807, 2.05) is 18.2 Å². The molecule has 146 valence electrons. The molecule has 0 aliphatic heterocycles. The van der Waals surface area contributed by atoms with E-state index >= 15 is 0 Å². The first-order chi connectivity index (χ1) is 13.2. The predicted octanol–water partition coefficient (Wildman–Crippen LogP) is 5.35. The summed E-state index contributed by atoms with van der Waals surface area (Å²) in [7, 11) is 0. The number of nitrogens with zero attached hydrogens (tertiary/aromatic N) is 2. The van der Waals surface area contributed by atoms with Crippen molar-refractivity contribution in [1.82, 2.24) is 4.90 Å². The molecule has 2 aliphatic carbocycles. The summed E-state index contributed by atoms with van der Waals surface area (Å²) >= 11 is 0. The van der Waals surface area contributed by atoms with Crippen LogP contribution in [0.2, 0.25) is 0 Å². The van der Waals surface area contributed by atoms with Crippen molar-refractivity contribution in [2.24, 2.45) is 5.16 Å². The lowest BCUT2D eigenvalue weighted by molar-refractivity contribution is 0.0515. The van der Waals surface area contributed by atoms with Crippen molar-refractivity contribution < 1.29 is 9.63 Å². The monoisotopic (exact) mass is 368 g/mol. The molecule has 1 unspecified atom stereocenters. The molecule has 1 atom stereocenters. The highest BCUT2D eigenvalue weighted by Gasteiger charge is 2.29. The number of carbonyl (C=O) groups excluding carboxylic acids is 1. The molecule has 0 amide bonds. The summed E-state index contributed by atoms with van der Waals surface area (Å²) in [5.41, 5.74) is 4.46. The predicted molar refractivity (Wildman–Crippen MR) is 110 cm³/mol. The molecule has 0 fully saturated rings. The van der Waals surface area contributed by atoms with Crippen LogP contribution in [-0.4, -0.2) is 35.7 Å². The molecule has 2 aliphatic rings. The van der Waals surface area contributed by atoms with Crippen LogP contribution in [-0.2, 0) is 4.84 Å². The highest BCUT2D eigenvalue weighted by molar-refractivity contribution is 6.02. The smallest absolute Gasteiger partial charge is 0.313 e. The standard InChI is InChI=1S/C23H32N2O2/c1-3-15-25(16-4-2)20-13-14-21-19(17-20)11-8-12-22(21)24-27-23(26)18-9-6-5-7-10-18/h5-7,9-10,20H,3-4,8,11-17H2,1-2H3/b24-22+. The maximum atomic E-state index is 12.2. The van der Waals surface area contributed by atoms with E-state index in [-0.39, 0.29) is 5.97 Å². The van der Waals surface area contributed by atoms with Crippen molar-refractivity contribution in [2.75, 3.05) is 13.1 Å². The molecule has 0 bridgehead atoms. The molecule has 0 saturated heterocycles. The first-order valence-corrected chi connectivity index (χ1v) is 10.5. The van der Waals surface area contributed by atoms with Gasteiger partial charge in [-0.25, -0.2) is 4.79 Å². The zero-order valence-electron chi connectivity index (χ0n) is 16.7. The van der Waals surface area contributed by atoms with Crippen molar-refractivity contribution in [3.63, 3.8) is 0 Å². The zero-order valence-corrected chi connectivity index (χ0v) is 16.7. The summed E-state index contributed by atoms with van der Waals surface area (Å²) in [5.74, 6) is -0.374. The summed E-state index contributed by atoms with van der Waals surface area (Å²) in [6, 6.07) is 9.74. The first kappa shape index (κ1) is 19.8. The summed E-state index contributed by atoms with van der Waals surface area (Å²) in [4.78, 5) is 20.1. The summed E-state index contributed by atoms with van der Waals surface area (Å²) in [6.07, 6.45) is 9.02. The molecular weight excluding hydrogens is 336 g/mol. The number of hydrogen-bond acceptors (Lipinski definition) is 4. The van der Waals surface area contributed by atoms with Gasteiger partial charge < -0.3 is 9.74 Å². The first-order valence-electron chi connectivity index (χ1n) is 10.5. The number of rotatable bonds is 7. The number of hydrogen-bond donors (Lipinski definition) is 0. The molecule has 3 rings (SSSR count). The Labute approximate surface area is 163 Å². The van der Waals surface area contributed by atoms with Gasteiger partial charge in [0.1, 0.15) is 0 Å². The molecule has 1 aromatic carbocycles. The molecule has 0 saturated carbocycles. The van der Waals surface area contributed by atoms with E-state index in [0.29, 0.717) is 11.6 Å². The van der Waals surface area contributed by atoms with Crippen molar-refractivity contribution in [1.29, 1.82) is 0 Å². The highest BCUT2D eigenvalue weighted by atomic mass is 16.7. The highest BCUT2D eigenvalue weighted by Crippen LogP contribution is 2.36. The van der Waals surface area contributed by atoms with Crippen LogP contribution >= 0.6 is 0 Å². The fourth-order valence-corrected chi connectivity index (χ4v) is 4.41. The second kappa shape index (κ2) is 9.84. The molecule has 0 heterocycles. The second-order valence-corrected chi connectivity index (χ2v) is 7.65. The van der Waals surface area contributed by atoms with Crippen molar-refractivity contribution in [2.45, 2.75) is 71.3 Å². The number of carbonyl (C=O) groups is 1. The Morgan fingerprint density at radius 3 is 2.56 bits per heavy atom. The normalized spacial score (nSPS) is 21.4. The topological polar surface area (TPSA) is 41.9 Å². The van der Waals surface area contributed by atoms with Crippen molar-refractivity contribution in [3.8, 4) is 0 Å². The molecule has 4 heteroatoms. The molecule has 0 aromatic heterocycles. The van der Waals surface area contributed by atoms with Gasteiger partial charge in [-0.3, -0.25) is 0 Å². The fraction of sp³-hybridized carbons (Fsp3) is 0.565. The SMILES string of the molecule is CCCN(CCC)C1CCC2=C(CCC/C2=N\OC(=O)c2ccccc2)C1. The van der Waals surface area contributed by atoms with Crippen LogP contribution in [0.1, 0.15) is 75.6 Å². The average Bonchev–Trinajstić information content (AvgIpc) is 2.72. The summed E-state index contributed by atoms with van der Waals surface area (Å²) in [5, 5.41) is 4.28. The molecular formula is C23H32N2O2. The van der Waals surface area contributed by atoms with Gasteiger partial charge in [-0.15, -0.1) is 0 Å².